The van der Waals surface area contributed by atoms with Gasteiger partial charge in [-0.15, -0.1) is 0 Å². The highest BCUT2D eigenvalue weighted by molar-refractivity contribution is 5.81. The first kappa shape index (κ1) is 8.73. The molecule has 0 atom stereocenters. The number of imidazole rings is 1. The van der Waals surface area contributed by atoms with E-state index in [1.807, 2.05) is 36.1 Å². The summed E-state index contributed by atoms with van der Waals surface area (Å²) in [5, 5.41) is 3.19. The normalized spacial score (nSPS) is 16.6. The Morgan fingerprint density at radius 2 is 2.33 bits per heavy atom. The van der Waals surface area contributed by atoms with Crippen LogP contribution in [-0.4, -0.2) is 28.7 Å². The maximum Gasteiger partial charge on any atom is 0.145 e. The van der Waals surface area contributed by atoms with E-state index in [9.17, 15) is 0 Å². The van der Waals surface area contributed by atoms with Gasteiger partial charge in [0, 0.05) is 20.1 Å². The fourth-order valence-corrected chi connectivity index (χ4v) is 1.80. The van der Waals surface area contributed by atoms with Crippen molar-refractivity contribution in [3.8, 4) is 5.75 Å². The van der Waals surface area contributed by atoms with E-state index in [0.717, 1.165) is 29.9 Å². The topological polar surface area (TPSA) is 39.1 Å². The summed E-state index contributed by atoms with van der Waals surface area (Å²) >= 11 is 0. The van der Waals surface area contributed by atoms with Crippen molar-refractivity contribution in [1.82, 2.24) is 14.9 Å². The number of aryl methyl sites for hydroxylation is 1. The molecule has 4 nitrogen and oxygen atoms in total. The number of rotatable bonds is 2. The average molecular weight is 203 g/mol. The third-order valence-corrected chi connectivity index (χ3v) is 2.74. The Balaban J connectivity index is 2.04. The van der Waals surface area contributed by atoms with Gasteiger partial charge in [-0.3, -0.25) is 0 Å². The van der Waals surface area contributed by atoms with E-state index in [-0.39, 0.29) is 0 Å². The van der Waals surface area contributed by atoms with Gasteiger partial charge in [-0.1, -0.05) is 6.07 Å². The van der Waals surface area contributed by atoms with Crippen molar-refractivity contribution in [2.75, 3.05) is 13.1 Å². The van der Waals surface area contributed by atoms with Crippen molar-refractivity contribution < 1.29 is 4.74 Å². The van der Waals surface area contributed by atoms with Crippen LogP contribution in [0.2, 0.25) is 0 Å². The van der Waals surface area contributed by atoms with E-state index in [4.69, 9.17) is 4.74 Å². The molecule has 0 spiro atoms. The largest absolute Gasteiger partial charge is 0.485 e. The van der Waals surface area contributed by atoms with Crippen molar-refractivity contribution in [2.45, 2.75) is 6.10 Å². The molecule has 1 saturated heterocycles. The van der Waals surface area contributed by atoms with Gasteiger partial charge in [-0.25, -0.2) is 4.98 Å². The molecular formula is C11H13N3O. The average Bonchev–Trinajstić information content (AvgIpc) is 2.55. The van der Waals surface area contributed by atoms with Gasteiger partial charge in [-0.2, -0.15) is 0 Å². The molecule has 78 valence electrons. The number of hydrogen-bond donors (Lipinski definition) is 1. The van der Waals surface area contributed by atoms with Crippen molar-refractivity contribution in [3.63, 3.8) is 0 Å². The van der Waals surface area contributed by atoms with Crippen LogP contribution >= 0.6 is 0 Å². The molecule has 2 aromatic rings. The molecule has 0 amide bonds. The number of nitrogens with one attached hydrogen (secondary N) is 1. The minimum atomic E-state index is 0.311. The van der Waals surface area contributed by atoms with E-state index in [1.54, 1.807) is 0 Å². The van der Waals surface area contributed by atoms with Gasteiger partial charge in [0.1, 0.15) is 17.4 Å². The summed E-state index contributed by atoms with van der Waals surface area (Å²) in [5.41, 5.74) is 2.06. The van der Waals surface area contributed by atoms with E-state index in [1.165, 1.54) is 0 Å². The Kier molecular flexibility index (Phi) is 1.89. The first-order valence-corrected chi connectivity index (χ1v) is 5.12. The van der Waals surface area contributed by atoms with E-state index >= 15 is 0 Å². The molecule has 3 rings (SSSR count). The van der Waals surface area contributed by atoms with Gasteiger partial charge in [0.25, 0.3) is 0 Å². The molecule has 0 aliphatic carbocycles. The SMILES string of the molecule is Cn1cnc2cccc(OC3CNC3)c21. The number of fused-ring (bicyclic) bond motifs is 1. The molecule has 1 aliphatic heterocycles. The van der Waals surface area contributed by atoms with Crippen LogP contribution in [0.3, 0.4) is 0 Å². The van der Waals surface area contributed by atoms with Crippen LogP contribution in [0.1, 0.15) is 0 Å². The highest BCUT2D eigenvalue weighted by Gasteiger charge is 2.19. The van der Waals surface area contributed by atoms with E-state index in [2.05, 4.69) is 10.3 Å². The summed E-state index contributed by atoms with van der Waals surface area (Å²) in [6.07, 6.45) is 2.13. The first-order chi connectivity index (χ1) is 7.34. The standard InChI is InChI=1S/C11H13N3O/c1-14-7-13-9-3-2-4-10(11(9)14)15-8-5-12-6-8/h2-4,7-8,12H,5-6H2,1H3. The Morgan fingerprint density at radius 3 is 3.07 bits per heavy atom. The number of hydrogen-bond acceptors (Lipinski definition) is 3. The van der Waals surface area contributed by atoms with Crippen molar-refractivity contribution in [3.05, 3.63) is 24.5 Å². The monoisotopic (exact) mass is 203 g/mol. The summed E-state index contributed by atoms with van der Waals surface area (Å²) in [6, 6.07) is 5.99. The van der Waals surface area contributed by atoms with Gasteiger partial charge >= 0.3 is 0 Å². The zero-order valence-electron chi connectivity index (χ0n) is 8.60. The second kappa shape index (κ2) is 3.24. The van der Waals surface area contributed by atoms with Gasteiger partial charge in [0.2, 0.25) is 0 Å². The molecule has 4 heteroatoms. The van der Waals surface area contributed by atoms with Crippen molar-refractivity contribution in [1.29, 1.82) is 0 Å². The van der Waals surface area contributed by atoms with E-state index in [0.29, 0.717) is 6.10 Å². The van der Waals surface area contributed by atoms with Crippen LogP contribution in [0.25, 0.3) is 11.0 Å². The Labute approximate surface area is 87.9 Å². The first-order valence-electron chi connectivity index (χ1n) is 5.12. The number of benzene rings is 1. The summed E-state index contributed by atoms with van der Waals surface area (Å²) in [4.78, 5) is 4.30. The predicted molar refractivity (Wildman–Crippen MR) is 58.0 cm³/mol. The van der Waals surface area contributed by atoms with Crippen molar-refractivity contribution >= 4 is 11.0 Å². The molecule has 0 radical (unpaired) electrons. The zero-order valence-corrected chi connectivity index (χ0v) is 8.60. The molecule has 15 heavy (non-hydrogen) atoms. The third kappa shape index (κ3) is 1.37. The van der Waals surface area contributed by atoms with Crippen LogP contribution in [0.15, 0.2) is 24.5 Å². The van der Waals surface area contributed by atoms with Crippen LogP contribution in [0.4, 0.5) is 0 Å². The van der Waals surface area contributed by atoms with Crippen molar-refractivity contribution in [2.24, 2.45) is 7.05 Å². The molecular weight excluding hydrogens is 190 g/mol. The third-order valence-electron chi connectivity index (χ3n) is 2.74. The van der Waals surface area contributed by atoms with Gasteiger partial charge < -0.3 is 14.6 Å². The molecule has 1 aliphatic rings. The maximum absolute atomic E-state index is 5.88. The highest BCUT2D eigenvalue weighted by Crippen LogP contribution is 2.25. The molecule has 0 unspecified atom stereocenters. The molecule has 2 heterocycles. The van der Waals surface area contributed by atoms with Gasteiger partial charge in [0.05, 0.1) is 11.8 Å². The summed E-state index contributed by atoms with van der Waals surface area (Å²) in [5.74, 6) is 0.930. The van der Waals surface area contributed by atoms with Crippen LogP contribution < -0.4 is 10.1 Å². The van der Waals surface area contributed by atoms with Crippen LogP contribution in [-0.2, 0) is 7.05 Å². The Bertz CT molecular complexity index is 488. The molecule has 1 aromatic heterocycles. The highest BCUT2D eigenvalue weighted by atomic mass is 16.5. The zero-order chi connectivity index (χ0) is 10.3. The lowest BCUT2D eigenvalue weighted by Crippen LogP contribution is -2.50. The maximum atomic E-state index is 5.88. The smallest absolute Gasteiger partial charge is 0.145 e. The second-order valence-electron chi connectivity index (χ2n) is 3.88. The number of ether oxygens (including phenoxy) is 1. The van der Waals surface area contributed by atoms with E-state index < -0.39 is 0 Å². The molecule has 1 aromatic carbocycles. The predicted octanol–water partition coefficient (Wildman–Crippen LogP) is 0.924. The number of nitrogens with zero attached hydrogens (tertiary/aromatic N) is 2. The van der Waals surface area contributed by atoms with Gasteiger partial charge in [0.15, 0.2) is 0 Å². The number of aromatic nitrogens is 2. The lowest BCUT2D eigenvalue weighted by molar-refractivity contribution is 0.144. The fourth-order valence-electron chi connectivity index (χ4n) is 1.80. The van der Waals surface area contributed by atoms with Crippen LogP contribution in [0, 0.1) is 0 Å². The minimum absolute atomic E-state index is 0.311. The lowest BCUT2D eigenvalue weighted by Gasteiger charge is -2.28. The van der Waals surface area contributed by atoms with Crippen LogP contribution in [0.5, 0.6) is 5.75 Å². The minimum Gasteiger partial charge on any atom is -0.485 e. The second-order valence-corrected chi connectivity index (χ2v) is 3.88. The molecule has 1 N–H and O–H groups in total. The molecule has 1 fully saturated rings. The Morgan fingerprint density at radius 1 is 1.47 bits per heavy atom. The van der Waals surface area contributed by atoms with Gasteiger partial charge in [-0.05, 0) is 12.1 Å². The Hall–Kier alpha value is -1.55. The number of para-hydroxylation sites is 1. The molecule has 0 bridgehead atoms. The summed E-state index contributed by atoms with van der Waals surface area (Å²) < 4.78 is 7.88. The quantitative estimate of drug-likeness (QED) is 0.789. The molecule has 0 saturated carbocycles. The summed E-state index contributed by atoms with van der Waals surface area (Å²) in [7, 11) is 1.99. The lowest BCUT2D eigenvalue weighted by atomic mass is 10.2. The summed E-state index contributed by atoms with van der Waals surface area (Å²) in [6.45, 7) is 1.88. The fraction of sp³-hybridized carbons (Fsp3) is 0.364.